The van der Waals surface area contributed by atoms with Crippen LogP contribution in [-0.4, -0.2) is 46.3 Å². The molecule has 140 valence electrons. The Balaban J connectivity index is 1.76. The van der Waals surface area contributed by atoms with Crippen LogP contribution in [0.15, 0.2) is 36.7 Å². The number of hydrogen-bond donors (Lipinski definition) is 1. The van der Waals surface area contributed by atoms with Gasteiger partial charge in [-0.2, -0.15) is 5.10 Å². The highest BCUT2D eigenvalue weighted by molar-refractivity contribution is 6.31. The lowest BCUT2D eigenvalue weighted by Crippen LogP contribution is -2.44. The number of carbonyl (C=O) groups excluding carboxylic acids is 1. The van der Waals surface area contributed by atoms with Gasteiger partial charge in [0, 0.05) is 43.1 Å². The first-order chi connectivity index (χ1) is 12.7. The molecule has 26 heavy (non-hydrogen) atoms. The van der Waals surface area contributed by atoms with Gasteiger partial charge in [0.1, 0.15) is 12.4 Å². The molecule has 1 atom stereocenters. The Labute approximate surface area is 158 Å². The van der Waals surface area contributed by atoms with Crippen LogP contribution in [0.3, 0.4) is 0 Å². The highest BCUT2D eigenvalue weighted by atomic mass is 35.5. The van der Waals surface area contributed by atoms with Gasteiger partial charge in [-0.3, -0.25) is 9.48 Å². The molecule has 6 nitrogen and oxygen atoms in total. The largest absolute Gasteiger partial charge is 0.491 e. The van der Waals surface area contributed by atoms with Crippen LogP contribution in [0.1, 0.15) is 36.0 Å². The van der Waals surface area contributed by atoms with Crippen LogP contribution < -0.4 is 10.5 Å². The maximum atomic E-state index is 13.2. The number of nitrogens with zero attached hydrogens (tertiary/aromatic N) is 3. The van der Waals surface area contributed by atoms with Crippen molar-refractivity contribution < 1.29 is 9.53 Å². The van der Waals surface area contributed by atoms with Gasteiger partial charge in [-0.1, -0.05) is 11.6 Å². The van der Waals surface area contributed by atoms with Crippen LogP contribution in [0, 0.1) is 0 Å². The lowest BCUT2D eigenvalue weighted by molar-refractivity contribution is 0.0589. The number of hydrogen-bond acceptors (Lipinski definition) is 4. The van der Waals surface area contributed by atoms with Crippen molar-refractivity contribution >= 4 is 17.5 Å². The monoisotopic (exact) mass is 376 g/mol. The summed E-state index contributed by atoms with van der Waals surface area (Å²) in [7, 11) is 0. The predicted octanol–water partition coefficient (Wildman–Crippen LogP) is 2.96. The third kappa shape index (κ3) is 4.56. The average molecular weight is 377 g/mol. The van der Waals surface area contributed by atoms with Crippen molar-refractivity contribution in [2.24, 2.45) is 5.73 Å². The molecule has 2 heterocycles. The van der Waals surface area contributed by atoms with Crippen molar-refractivity contribution in [3.05, 3.63) is 47.2 Å². The summed E-state index contributed by atoms with van der Waals surface area (Å²) in [5.41, 5.74) is 6.04. The molecule has 7 heteroatoms. The molecule has 0 unspecified atom stereocenters. The number of ether oxygens (including phenoxy) is 1. The first-order valence-corrected chi connectivity index (χ1v) is 9.47. The first-order valence-electron chi connectivity index (χ1n) is 9.10. The van der Waals surface area contributed by atoms with E-state index in [2.05, 4.69) is 5.10 Å². The number of halogens is 1. The van der Waals surface area contributed by atoms with E-state index in [1.807, 2.05) is 21.8 Å². The minimum Gasteiger partial charge on any atom is -0.491 e. The van der Waals surface area contributed by atoms with Gasteiger partial charge in [0.05, 0.1) is 5.56 Å². The summed E-state index contributed by atoms with van der Waals surface area (Å²) in [6, 6.07) is 7.27. The second kappa shape index (κ2) is 9.05. The van der Waals surface area contributed by atoms with Gasteiger partial charge in [0.25, 0.3) is 5.91 Å². The third-order valence-electron chi connectivity index (χ3n) is 4.69. The molecule has 1 fully saturated rings. The van der Waals surface area contributed by atoms with Crippen molar-refractivity contribution in [3.8, 4) is 5.75 Å². The smallest absolute Gasteiger partial charge is 0.257 e. The molecule has 3 rings (SSSR count). The fraction of sp³-hybridized carbons (Fsp3) is 0.474. The minimum atomic E-state index is -0.0234. The molecule has 2 aromatic rings. The number of aryl methyl sites for hydroxylation is 1. The zero-order chi connectivity index (χ0) is 18.4. The minimum absolute atomic E-state index is 0.0234. The number of rotatable bonds is 7. The molecule has 0 radical (unpaired) electrons. The molecule has 1 aliphatic heterocycles. The van der Waals surface area contributed by atoms with E-state index in [9.17, 15) is 4.79 Å². The summed E-state index contributed by atoms with van der Waals surface area (Å²) in [6.07, 6.45) is 7.77. The van der Waals surface area contributed by atoms with Crippen LogP contribution >= 0.6 is 11.6 Å². The van der Waals surface area contributed by atoms with Crippen molar-refractivity contribution in [3.63, 3.8) is 0 Å². The number of aromatic nitrogens is 2. The fourth-order valence-electron chi connectivity index (χ4n) is 3.40. The van der Waals surface area contributed by atoms with Gasteiger partial charge >= 0.3 is 0 Å². The zero-order valence-electron chi connectivity index (χ0n) is 14.8. The van der Waals surface area contributed by atoms with Gasteiger partial charge in [-0.05, 0) is 49.9 Å². The molecular formula is C19H25ClN4O2. The van der Waals surface area contributed by atoms with Crippen molar-refractivity contribution in [1.82, 2.24) is 14.7 Å². The molecule has 1 aromatic carbocycles. The van der Waals surface area contributed by atoms with Gasteiger partial charge in [-0.25, -0.2) is 0 Å². The SMILES string of the molecule is NCCOc1ccc(Cl)cc1C(=O)N1CCCC[C@@H]1CCn1cccn1. The van der Waals surface area contributed by atoms with Gasteiger partial charge in [-0.15, -0.1) is 0 Å². The molecule has 0 spiro atoms. The maximum absolute atomic E-state index is 13.2. The Kier molecular flexibility index (Phi) is 6.52. The van der Waals surface area contributed by atoms with E-state index in [1.165, 1.54) is 0 Å². The van der Waals surface area contributed by atoms with Crippen LogP contribution in [0.5, 0.6) is 5.75 Å². The van der Waals surface area contributed by atoms with E-state index in [0.717, 1.165) is 38.8 Å². The number of piperidine rings is 1. The highest BCUT2D eigenvalue weighted by Gasteiger charge is 2.29. The van der Waals surface area contributed by atoms with E-state index in [1.54, 1.807) is 24.4 Å². The zero-order valence-corrected chi connectivity index (χ0v) is 15.6. The van der Waals surface area contributed by atoms with E-state index in [-0.39, 0.29) is 11.9 Å². The van der Waals surface area contributed by atoms with Gasteiger partial charge in [0.2, 0.25) is 0 Å². The van der Waals surface area contributed by atoms with E-state index in [4.69, 9.17) is 22.1 Å². The predicted molar refractivity (Wildman–Crippen MR) is 102 cm³/mol. The summed E-state index contributed by atoms with van der Waals surface area (Å²) < 4.78 is 7.57. The van der Waals surface area contributed by atoms with Gasteiger partial charge < -0.3 is 15.4 Å². The molecule has 1 aliphatic rings. The molecule has 1 amide bonds. The molecule has 1 saturated heterocycles. The number of amides is 1. The number of nitrogens with two attached hydrogens (primary N) is 1. The van der Waals surface area contributed by atoms with Crippen LogP contribution in [-0.2, 0) is 6.54 Å². The lowest BCUT2D eigenvalue weighted by Gasteiger charge is -2.36. The Morgan fingerprint density at radius 1 is 1.38 bits per heavy atom. The molecular weight excluding hydrogens is 352 g/mol. The lowest BCUT2D eigenvalue weighted by atomic mass is 9.98. The topological polar surface area (TPSA) is 73.4 Å². The van der Waals surface area contributed by atoms with E-state index < -0.39 is 0 Å². The molecule has 1 aromatic heterocycles. The van der Waals surface area contributed by atoms with Crippen molar-refractivity contribution in [2.75, 3.05) is 19.7 Å². The first kappa shape index (κ1) is 18.7. The second-order valence-electron chi connectivity index (χ2n) is 6.48. The fourth-order valence-corrected chi connectivity index (χ4v) is 3.57. The van der Waals surface area contributed by atoms with E-state index in [0.29, 0.717) is 29.5 Å². The summed E-state index contributed by atoms with van der Waals surface area (Å²) in [5, 5.41) is 4.78. The molecule has 0 bridgehead atoms. The Bertz CT molecular complexity index is 720. The normalized spacial score (nSPS) is 17.3. The number of likely N-dealkylation sites (tertiary alicyclic amines) is 1. The molecule has 0 saturated carbocycles. The Hall–Kier alpha value is -2.05. The van der Waals surface area contributed by atoms with Crippen molar-refractivity contribution in [1.29, 1.82) is 0 Å². The highest BCUT2D eigenvalue weighted by Crippen LogP contribution is 2.28. The molecule has 0 aliphatic carbocycles. The number of benzene rings is 1. The average Bonchev–Trinajstić information content (AvgIpc) is 3.18. The maximum Gasteiger partial charge on any atom is 0.257 e. The summed E-state index contributed by atoms with van der Waals surface area (Å²) in [4.78, 5) is 15.2. The quantitative estimate of drug-likeness (QED) is 0.806. The van der Waals surface area contributed by atoms with E-state index >= 15 is 0 Å². The van der Waals surface area contributed by atoms with Crippen LogP contribution in [0.25, 0.3) is 0 Å². The Morgan fingerprint density at radius 2 is 2.27 bits per heavy atom. The van der Waals surface area contributed by atoms with Crippen LogP contribution in [0.4, 0.5) is 0 Å². The standard InChI is InChI=1S/C19H25ClN4O2/c20-15-5-6-18(26-13-8-21)17(14-15)19(25)24-11-2-1-4-16(24)7-12-23-10-3-9-22-23/h3,5-6,9-10,14,16H,1-2,4,7-8,11-13,21H2/t16-/m1/s1. The Morgan fingerprint density at radius 3 is 3.04 bits per heavy atom. The number of carbonyl (C=O) groups is 1. The van der Waals surface area contributed by atoms with Crippen LogP contribution in [0.2, 0.25) is 5.02 Å². The summed E-state index contributed by atoms with van der Waals surface area (Å²) >= 11 is 6.14. The summed E-state index contributed by atoms with van der Waals surface area (Å²) in [5.74, 6) is 0.519. The second-order valence-corrected chi connectivity index (χ2v) is 6.92. The third-order valence-corrected chi connectivity index (χ3v) is 4.92. The molecule has 2 N–H and O–H groups in total. The van der Waals surface area contributed by atoms with Gasteiger partial charge in [0.15, 0.2) is 0 Å². The summed E-state index contributed by atoms with van der Waals surface area (Å²) in [6.45, 7) is 2.32. The van der Waals surface area contributed by atoms with Crippen molar-refractivity contribution in [2.45, 2.75) is 38.3 Å².